The predicted octanol–water partition coefficient (Wildman–Crippen LogP) is 5.17. The Labute approximate surface area is 93.3 Å². The number of hydrogen-bond acceptors (Lipinski definition) is 0. The summed E-state index contributed by atoms with van der Waals surface area (Å²) < 4.78 is 0. The molecule has 0 N–H and O–H groups in total. The van der Waals surface area contributed by atoms with Gasteiger partial charge < -0.3 is 0 Å². The van der Waals surface area contributed by atoms with Gasteiger partial charge in [0.05, 0.1) is 0 Å². The number of hydrogen-bond donors (Lipinski definition) is 0. The zero-order chi connectivity index (χ0) is 10.8. The second kappa shape index (κ2) is 9.08. The van der Waals surface area contributed by atoms with Gasteiger partial charge in [-0.15, -0.1) is 0 Å². The van der Waals surface area contributed by atoms with Crippen LogP contribution in [0.3, 0.4) is 0 Å². The summed E-state index contributed by atoms with van der Waals surface area (Å²) in [4.78, 5) is 0. The molecule has 0 bridgehead atoms. The molecule has 0 atom stereocenters. The van der Waals surface area contributed by atoms with Crippen molar-refractivity contribution in [2.24, 2.45) is 5.92 Å². The van der Waals surface area contributed by atoms with Crippen molar-refractivity contribution in [1.29, 1.82) is 0 Å². The van der Waals surface area contributed by atoms with Gasteiger partial charge in [0.2, 0.25) is 0 Å². The molecular formula is C13H21Cl. The van der Waals surface area contributed by atoms with Gasteiger partial charge in [-0.2, -0.15) is 0 Å². The molecule has 0 heterocycles. The van der Waals surface area contributed by atoms with Crippen molar-refractivity contribution in [2.45, 2.75) is 40.0 Å². The minimum absolute atomic E-state index is 0.794. The maximum Gasteiger partial charge on any atom is 0.0405 e. The standard InChI is InChI=1S/C6H5Cl.C5H10.C2H6/c7-6-4-2-1-3-5-6;1-2-5-3-4-5;1-2/h1-5H;5H,2-4H2,1H3;1-2H3. The molecule has 1 aromatic carbocycles. The van der Waals surface area contributed by atoms with Crippen LogP contribution in [0.1, 0.15) is 40.0 Å². The highest BCUT2D eigenvalue weighted by Gasteiger charge is 2.17. The van der Waals surface area contributed by atoms with Crippen LogP contribution in [0.5, 0.6) is 0 Å². The molecule has 0 radical (unpaired) electrons. The Morgan fingerprint density at radius 3 is 1.79 bits per heavy atom. The van der Waals surface area contributed by atoms with Crippen LogP contribution >= 0.6 is 11.6 Å². The molecule has 1 heteroatoms. The van der Waals surface area contributed by atoms with Crippen molar-refractivity contribution < 1.29 is 0 Å². The lowest BCUT2D eigenvalue weighted by Crippen LogP contribution is -1.59. The van der Waals surface area contributed by atoms with Gasteiger partial charge in [0.1, 0.15) is 0 Å². The van der Waals surface area contributed by atoms with Crippen molar-refractivity contribution >= 4 is 11.6 Å². The average molecular weight is 213 g/mol. The maximum atomic E-state index is 5.54. The maximum absolute atomic E-state index is 5.54. The molecule has 1 aliphatic rings. The third-order valence-electron chi connectivity index (χ3n) is 2.01. The van der Waals surface area contributed by atoms with Crippen LogP contribution < -0.4 is 0 Å². The van der Waals surface area contributed by atoms with E-state index < -0.39 is 0 Å². The lowest BCUT2D eigenvalue weighted by molar-refractivity contribution is 0.799. The predicted molar refractivity (Wildman–Crippen MR) is 65.8 cm³/mol. The number of rotatable bonds is 1. The highest BCUT2D eigenvalue weighted by Crippen LogP contribution is 2.31. The SMILES string of the molecule is CC.CCC1CC1.Clc1ccccc1. The van der Waals surface area contributed by atoms with Gasteiger partial charge in [0.25, 0.3) is 0 Å². The van der Waals surface area contributed by atoms with Crippen LogP contribution in [-0.2, 0) is 0 Å². The number of benzene rings is 1. The summed E-state index contributed by atoms with van der Waals surface area (Å²) in [7, 11) is 0. The molecule has 80 valence electrons. The molecule has 2 rings (SSSR count). The van der Waals surface area contributed by atoms with E-state index >= 15 is 0 Å². The Morgan fingerprint density at radius 1 is 1.14 bits per heavy atom. The Morgan fingerprint density at radius 2 is 1.64 bits per heavy atom. The minimum atomic E-state index is 0.794. The van der Waals surface area contributed by atoms with Crippen molar-refractivity contribution in [2.75, 3.05) is 0 Å². The largest absolute Gasteiger partial charge is 0.0843 e. The summed E-state index contributed by atoms with van der Waals surface area (Å²) in [5.74, 6) is 1.13. The van der Waals surface area contributed by atoms with Gasteiger partial charge >= 0.3 is 0 Å². The number of halogens is 1. The van der Waals surface area contributed by atoms with Gasteiger partial charge in [-0.25, -0.2) is 0 Å². The summed E-state index contributed by atoms with van der Waals surface area (Å²) in [5, 5.41) is 0.794. The second-order valence-corrected chi connectivity index (χ2v) is 3.58. The van der Waals surface area contributed by atoms with E-state index in [2.05, 4.69) is 6.92 Å². The minimum Gasteiger partial charge on any atom is -0.0843 e. The molecule has 0 nitrogen and oxygen atoms in total. The van der Waals surface area contributed by atoms with Crippen LogP contribution in [0.15, 0.2) is 30.3 Å². The van der Waals surface area contributed by atoms with Gasteiger partial charge in [0, 0.05) is 5.02 Å². The highest BCUT2D eigenvalue weighted by atomic mass is 35.5. The van der Waals surface area contributed by atoms with E-state index in [1.54, 1.807) is 0 Å². The van der Waals surface area contributed by atoms with Crippen LogP contribution in [0.2, 0.25) is 5.02 Å². The Bertz CT molecular complexity index is 202. The molecule has 0 aromatic heterocycles. The second-order valence-electron chi connectivity index (χ2n) is 3.15. The molecule has 0 saturated heterocycles. The van der Waals surface area contributed by atoms with Gasteiger partial charge in [-0.3, -0.25) is 0 Å². The van der Waals surface area contributed by atoms with Crippen molar-refractivity contribution in [1.82, 2.24) is 0 Å². The van der Waals surface area contributed by atoms with E-state index in [-0.39, 0.29) is 0 Å². The molecule has 0 aliphatic heterocycles. The van der Waals surface area contributed by atoms with Crippen molar-refractivity contribution in [3.05, 3.63) is 35.4 Å². The molecule has 14 heavy (non-hydrogen) atoms. The normalized spacial score (nSPS) is 13.1. The summed E-state index contributed by atoms with van der Waals surface area (Å²) >= 11 is 5.54. The van der Waals surface area contributed by atoms with E-state index in [9.17, 15) is 0 Å². The van der Waals surface area contributed by atoms with E-state index in [1.165, 1.54) is 19.3 Å². The first-order chi connectivity index (χ1) is 6.83. The zero-order valence-electron chi connectivity index (χ0n) is 9.46. The Hall–Kier alpha value is -0.490. The van der Waals surface area contributed by atoms with Crippen LogP contribution in [-0.4, -0.2) is 0 Å². The smallest absolute Gasteiger partial charge is 0.0405 e. The topological polar surface area (TPSA) is 0 Å². The van der Waals surface area contributed by atoms with Gasteiger partial charge in [-0.05, 0) is 18.1 Å². The van der Waals surface area contributed by atoms with E-state index in [0.29, 0.717) is 0 Å². The fourth-order valence-electron chi connectivity index (χ4n) is 0.941. The van der Waals surface area contributed by atoms with Gasteiger partial charge in [0.15, 0.2) is 0 Å². The first kappa shape index (κ1) is 13.5. The fraction of sp³-hybridized carbons (Fsp3) is 0.538. The molecule has 1 aliphatic carbocycles. The third kappa shape index (κ3) is 8.12. The summed E-state index contributed by atoms with van der Waals surface area (Å²) in [6, 6.07) is 9.44. The third-order valence-corrected chi connectivity index (χ3v) is 2.26. The first-order valence-corrected chi connectivity index (χ1v) is 5.91. The van der Waals surface area contributed by atoms with Gasteiger partial charge in [-0.1, -0.05) is 69.8 Å². The van der Waals surface area contributed by atoms with Crippen LogP contribution in [0.4, 0.5) is 0 Å². The molecule has 1 fully saturated rings. The van der Waals surface area contributed by atoms with E-state index in [4.69, 9.17) is 11.6 Å². The lowest BCUT2D eigenvalue weighted by atomic mass is 10.3. The molecular weight excluding hydrogens is 192 g/mol. The van der Waals surface area contributed by atoms with Crippen LogP contribution in [0, 0.1) is 5.92 Å². The fourth-order valence-corrected chi connectivity index (χ4v) is 1.09. The molecule has 0 amide bonds. The molecule has 0 spiro atoms. The lowest BCUT2D eigenvalue weighted by Gasteiger charge is -1.80. The molecule has 0 unspecified atom stereocenters. The quantitative estimate of drug-likeness (QED) is 0.602. The van der Waals surface area contributed by atoms with Crippen molar-refractivity contribution in [3.8, 4) is 0 Å². The highest BCUT2D eigenvalue weighted by molar-refractivity contribution is 6.30. The average Bonchev–Trinajstić information content (AvgIpc) is 3.06. The molecule has 1 saturated carbocycles. The summed E-state index contributed by atoms with van der Waals surface area (Å²) in [6.07, 6.45) is 4.44. The summed E-state index contributed by atoms with van der Waals surface area (Å²) in [5.41, 5.74) is 0. The van der Waals surface area contributed by atoms with Crippen LogP contribution in [0.25, 0.3) is 0 Å². The Balaban J connectivity index is 0.000000213. The summed E-state index contributed by atoms with van der Waals surface area (Å²) in [6.45, 7) is 6.26. The van der Waals surface area contributed by atoms with Crippen molar-refractivity contribution in [3.63, 3.8) is 0 Å². The monoisotopic (exact) mass is 212 g/mol. The van der Waals surface area contributed by atoms with E-state index in [0.717, 1.165) is 10.9 Å². The Kier molecular flexibility index (Phi) is 8.76. The zero-order valence-corrected chi connectivity index (χ0v) is 10.2. The first-order valence-electron chi connectivity index (χ1n) is 5.53. The van der Waals surface area contributed by atoms with E-state index in [1.807, 2.05) is 44.2 Å². The molecule has 1 aromatic rings.